The predicted molar refractivity (Wildman–Crippen MR) is 98.1 cm³/mol. The molecule has 0 bridgehead atoms. The Morgan fingerprint density at radius 3 is 2.46 bits per heavy atom. The van der Waals surface area contributed by atoms with Crippen molar-refractivity contribution in [3.05, 3.63) is 41.1 Å². The Morgan fingerprint density at radius 1 is 1.18 bits per heavy atom. The monoisotopic (exact) mass is 390 g/mol. The summed E-state index contributed by atoms with van der Waals surface area (Å²) in [6.07, 6.45) is -1.06. The third-order valence-electron chi connectivity index (χ3n) is 6.13. The smallest absolute Gasteiger partial charge is 0.290 e. The first kappa shape index (κ1) is 17.9. The predicted octanol–water partition coefficient (Wildman–Crippen LogP) is 2.91. The maximum atomic E-state index is 14.4. The maximum Gasteiger partial charge on any atom is 0.290 e. The molecule has 0 amide bonds. The number of ether oxygens (including phenoxy) is 1. The molecule has 2 fully saturated rings. The van der Waals surface area contributed by atoms with Gasteiger partial charge < -0.3 is 15.4 Å². The first-order valence-electron chi connectivity index (χ1n) is 9.46. The molecule has 2 aliphatic heterocycles. The second kappa shape index (κ2) is 5.90. The molecule has 0 unspecified atom stereocenters. The van der Waals surface area contributed by atoms with E-state index in [-0.39, 0.29) is 31.0 Å². The quantitative estimate of drug-likeness (QED) is 0.873. The second-order valence-electron chi connectivity index (χ2n) is 8.04. The van der Waals surface area contributed by atoms with Crippen LogP contribution >= 0.6 is 0 Å². The van der Waals surface area contributed by atoms with Crippen LogP contribution in [0.15, 0.2) is 24.3 Å². The fourth-order valence-electron chi connectivity index (χ4n) is 4.06. The van der Waals surface area contributed by atoms with Gasteiger partial charge in [0.15, 0.2) is 0 Å². The van der Waals surface area contributed by atoms with Crippen LogP contribution in [0.4, 0.5) is 19.1 Å². The van der Waals surface area contributed by atoms with Crippen molar-refractivity contribution in [3.8, 4) is 11.3 Å². The van der Waals surface area contributed by atoms with Gasteiger partial charge in [0, 0.05) is 17.5 Å². The lowest BCUT2D eigenvalue weighted by Crippen LogP contribution is -2.57. The van der Waals surface area contributed by atoms with Gasteiger partial charge in [-0.2, -0.15) is 8.78 Å². The van der Waals surface area contributed by atoms with Crippen LogP contribution in [0.5, 0.6) is 0 Å². The Bertz CT molecular complexity index is 930. The number of benzene rings is 1. The van der Waals surface area contributed by atoms with Crippen LogP contribution in [0, 0.1) is 0 Å². The Hall–Kier alpha value is -2.19. The Labute approximate surface area is 160 Å². The van der Waals surface area contributed by atoms with Crippen molar-refractivity contribution in [2.24, 2.45) is 5.73 Å². The molecule has 1 aromatic heterocycles. The zero-order valence-corrected chi connectivity index (χ0v) is 15.5. The van der Waals surface area contributed by atoms with Crippen molar-refractivity contribution in [2.75, 3.05) is 24.7 Å². The zero-order chi connectivity index (χ0) is 19.7. The minimum Gasteiger partial charge on any atom is -0.377 e. The summed E-state index contributed by atoms with van der Waals surface area (Å²) < 4.78 is 47.7. The summed E-state index contributed by atoms with van der Waals surface area (Å²) in [5.74, 6) is -2.82. The minimum atomic E-state index is -2.99. The van der Waals surface area contributed by atoms with Gasteiger partial charge in [-0.15, -0.1) is 0 Å². The van der Waals surface area contributed by atoms with Crippen molar-refractivity contribution < 1.29 is 17.9 Å². The molecule has 2 saturated heterocycles. The average molecular weight is 390 g/mol. The highest BCUT2D eigenvalue weighted by atomic mass is 19.3. The molecule has 5 nitrogen and oxygen atoms in total. The van der Waals surface area contributed by atoms with E-state index in [1.807, 2.05) is 24.3 Å². The van der Waals surface area contributed by atoms with E-state index in [1.165, 1.54) is 0 Å². The fraction of sp³-hybridized carbons (Fsp3) is 0.500. The molecule has 5 rings (SSSR count). The molecule has 2 aromatic rings. The van der Waals surface area contributed by atoms with Crippen LogP contribution in [-0.4, -0.2) is 41.9 Å². The molecule has 0 radical (unpaired) electrons. The number of nitrogens with zero attached hydrogens (tertiary/aromatic N) is 3. The van der Waals surface area contributed by atoms with Crippen LogP contribution in [0.2, 0.25) is 0 Å². The molecule has 0 saturated carbocycles. The highest BCUT2D eigenvalue weighted by Crippen LogP contribution is 2.45. The van der Waals surface area contributed by atoms with Crippen LogP contribution in [0.1, 0.15) is 30.2 Å². The highest BCUT2D eigenvalue weighted by molar-refractivity contribution is 5.68. The highest BCUT2D eigenvalue weighted by Gasteiger charge is 2.45. The lowest BCUT2D eigenvalue weighted by Gasteiger charge is -2.42. The van der Waals surface area contributed by atoms with Crippen LogP contribution < -0.4 is 10.6 Å². The van der Waals surface area contributed by atoms with Gasteiger partial charge in [-0.1, -0.05) is 24.3 Å². The van der Waals surface area contributed by atoms with Crippen molar-refractivity contribution in [2.45, 2.75) is 43.4 Å². The number of anilines is 1. The van der Waals surface area contributed by atoms with Crippen LogP contribution in [0.25, 0.3) is 11.3 Å². The van der Waals surface area contributed by atoms with Gasteiger partial charge in [0.05, 0.1) is 37.0 Å². The summed E-state index contributed by atoms with van der Waals surface area (Å²) in [5, 5.41) is 0. The molecule has 0 spiro atoms. The lowest BCUT2D eigenvalue weighted by atomic mass is 9.88. The zero-order valence-electron chi connectivity index (χ0n) is 15.5. The van der Waals surface area contributed by atoms with Crippen LogP contribution in [-0.2, 0) is 22.6 Å². The molecule has 148 valence electrons. The van der Waals surface area contributed by atoms with Gasteiger partial charge in [0.25, 0.3) is 5.92 Å². The Morgan fingerprint density at radius 2 is 1.89 bits per heavy atom. The van der Waals surface area contributed by atoms with E-state index < -0.39 is 23.7 Å². The van der Waals surface area contributed by atoms with Crippen molar-refractivity contribution >= 4 is 5.95 Å². The third kappa shape index (κ3) is 2.54. The van der Waals surface area contributed by atoms with Gasteiger partial charge >= 0.3 is 0 Å². The van der Waals surface area contributed by atoms with Crippen molar-refractivity contribution in [1.82, 2.24) is 9.97 Å². The van der Waals surface area contributed by atoms with Gasteiger partial charge in [0.1, 0.15) is 11.9 Å². The summed E-state index contributed by atoms with van der Waals surface area (Å²) >= 11 is 0. The summed E-state index contributed by atoms with van der Waals surface area (Å²) in [6, 6.07) is 7.07. The number of alkyl halides is 3. The van der Waals surface area contributed by atoms with Gasteiger partial charge in [-0.25, -0.2) is 14.4 Å². The summed E-state index contributed by atoms with van der Waals surface area (Å²) in [4.78, 5) is 10.3. The Balaban J connectivity index is 1.58. The largest absolute Gasteiger partial charge is 0.377 e. The molecule has 3 aliphatic rings. The second-order valence-corrected chi connectivity index (χ2v) is 8.04. The van der Waals surface area contributed by atoms with E-state index in [0.29, 0.717) is 24.5 Å². The number of aromatic nitrogens is 2. The van der Waals surface area contributed by atoms with E-state index in [1.54, 1.807) is 11.8 Å². The SMILES string of the molecule is C[C@H]1[C@H](F)CN1c1nc(-c2ccc(C3(N)COC3)cc2)c2c(n1)C(F)(F)CC2. The molecule has 2 N–H and O–H groups in total. The summed E-state index contributed by atoms with van der Waals surface area (Å²) in [7, 11) is 0. The molecular formula is C20H21F3N4O. The van der Waals surface area contributed by atoms with Gasteiger partial charge in [-0.3, -0.25) is 0 Å². The van der Waals surface area contributed by atoms with E-state index in [4.69, 9.17) is 10.5 Å². The minimum absolute atomic E-state index is 0.125. The van der Waals surface area contributed by atoms with E-state index >= 15 is 0 Å². The molecule has 28 heavy (non-hydrogen) atoms. The number of halogens is 3. The Kier molecular flexibility index (Phi) is 3.77. The van der Waals surface area contributed by atoms with Crippen LogP contribution in [0.3, 0.4) is 0 Å². The normalized spacial score (nSPS) is 27.1. The van der Waals surface area contributed by atoms with E-state index in [0.717, 1.165) is 11.1 Å². The first-order valence-corrected chi connectivity index (χ1v) is 9.46. The first-order chi connectivity index (χ1) is 13.3. The number of nitrogens with two attached hydrogens (primary N) is 1. The molecule has 1 aliphatic carbocycles. The molecule has 1 aromatic carbocycles. The van der Waals surface area contributed by atoms with Crippen molar-refractivity contribution in [1.29, 1.82) is 0 Å². The summed E-state index contributed by atoms with van der Waals surface area (Å²) in [5.41, 5.74) is 8.18. The maximum absolute atomic E-state index is 14.4. The number of fused-ring (bicyclic) bond motifs is 1. The van der Waals surface area contributed by atoms with Gasteiger partial charge in [-0.05, 0) is 18.9 Å². The topological polar surface area (TPSA) is 64.3 Å². The van der Waals surface area contributed by atoms with E-state index in [9.17, 15) is 13.2 Å². The number of rotatable bonds is 3. The number of hydrogen-bond acceptors (Lipinski definition) is 5. The third-order valence-corrected chi connectivity index (χ3v) is 6.13. The summed E-state index contributed by atoms with van der Waals surface area (Å²) in [6.45, 7) is 2.75. The van der Waals surface area contributed by atoms with Gasteiger partial charge in [0.2, 0.25) is 5.95 Å². The van der Waals surface area contributed by atoms with E-state index in [2.05, 4.69) is 9.97 Å². The lowest BCUT2D eigenvalue weighted by molar-refractivity contribution is -0.0569. The molecule has 2 atom stereocenters. The molecule has 3 heterocycles. The number of hydrogen-bond donors (Lipinski definition) is 1. The molecular weight excluding hydrogens is 369 g/mol. The standard InChI is InChI=1S/C20H21F3N4O/c1-11-15(21)8-27(11)18-25-16(14-6-7-20(22,23)17(14)26-18)12-2-4-13(5-3-12)19(24)9-28-10-19/h2-5,11,15H,6-10,24H2,1H3/t11-,15+/m0/s1. The molecule has 8 heteroatoms. The average Bonchev–Trinajstić information content (AvgIpc) is 2.98. The van der Waals surface area contributed by atoms with Crippen molar-refractivity contribution in [3.63, 3.8) is 0 Å². The fourth-order valence-corrected chi connectivity index (χ4v) is 4.06.